The van der Waals surface area contributed by atoms with E-state index in [4.69, 9.17) is 15.3 Å². The molecule has 0 atom stereocenters. The highest BCUT2D eigenvalue weighted by molar-refractivity contribution is 5.76. The summed E-state index contributed by atoms with van der Waals surface area (Å²) in [5.41, 5.74) is -2.58. The van der Waals surface area contributed by atoms with Crippen molar-refractivity contribution >= 4 is 0 Å². The fourth-order valence-corrected chi connectivity index (χ4v) is 1.67. The van der Waals surface area contributed by atoms with Crippen LogP contribution in [-0.2, 0) is 0 Å². The third-order valence-electron chi connectivity index (χ3n) is 2.70. The first kappa shape index (κ1) is 14.7. The Balaban J connectivity index is 2.93. The maximum absolute atomic E-state index is 13.7. The lowest BCUT2D eigenvalue weighted by Gasteiger charge is -2.12. The number of halogens is 5. The van der Waals surface area contributed by atoms with Crippen molar-refractivity contribution in [1.82, 2.24) is 0 Å². The second-order valence-electron chi connectivity index (χ2n) is 3.93. The Morgan fingerprint density at radius 1 is 0.571 bits per heavy atom. The van der Waals surface area contributed by atoms with Gasteiger partial charge < -0.3 is 20.4 Å². The average molecular weight is 308 g/mol. The maximum Gasteiger partial charge on any atom is 0.212 e. The lowest BCUT2D eigenvalue weighted by atomic mass is 10.0. The Bertz CT molecular complexity index is 731. The molecular formula is C12H5F5O4. The molecule has 112 valence electrons. The van der Waals surface area contributed by atoms with E-state index in [2.05, 4.69) is 0 Å². The molecule has 0 saturated heterocycles. The molecule has 0 heterocycles. The molecule has 9 heteroatoms. The number of hydrogen-bond acceptors (Lipinski definition) is 4. The molecule has 0 spiro atoms. The molecule has 2 rings (SSSR count). The molecular weight excluding hydrogens is 303 g/mol. The zero-order valence-corrected chi connectivity index (χ0v) is 9.76. The molecule has 0 aliphatic rings. The van der Waals surface area contributed by atoms with Gasteiger partial charge in [-0.05, 0) is 6.07 Å². The Morgan fingerprint density at radius 2 is 1.05 bits per heavy atom. The van der Waals surface area contributed by atoms with Crippen molar-refractivity contribution in [3.8, 4) is 34.1 Å². The van der Waals surface area contributed by atoms with Crippen LogP contribution in [0.1, 0.15) is 0 Å². The highest BCUT2D eigenvalue weighted by atomic mass is 19.2. The summed E-state index contributed by atoms with van der Waals surface area (Å²) in [6, 6.07) is 0.242. The summed E-state index contributed by atoms with van der Waals surface area (Å²) in [7, 11) is 0. The minimum atomic E-state index is -2.02. The van der Waals surface area contributed by atoms with Gasteiger partial charge >= 0.3 is 0 Å². The first-order chi connectivity index (χ1) is 9.68. The van der Waals surface area contributed by atoms with Crippen molar-refractivity contribution in [3.05, 3.63) is 35.2 Å². The van der Waals surface area contributed by atoms with Crippen LogP contribution in [0.2, 0.25) is 0 Å². The Kier molecular flexibility index (Phi) is 3.28. The van der Waals surface area contributed by atoms with Crippen LogP contribution >= 0.6 is 0 Å². The van der Waals surface area contributed by atoms with Crippen molar-refractivity contribution in [3.63, 3.8) is 0 Å². The van der Waals surface area contributed by atoms with Crippen LogP contribution in [0.5, 0.6) is 23.0 Å². The standard InChI is InChI=1S/C12H5F5O4/c13-5-3(18)1-2(10(19)8(5)16)4-6(14)11(20)9(17)12(21)7(4)15/h1,18-21H. The summed E-state index contributed by atoms with van der Waals surface area (Å²) in [5.74, 6) is -16.5. The highest BCUT2D eigenvalue weighted by Crippen LogP contribution is 2.44. The summed E-state index contributed by atoms with van der Waals surface area (Å²) in [5, 5.41) is 36.5. The van der Waals surface area contributed by atoms with Gasteiger partial charge in [0.05, 0.1) is 5.56 Å². The topological polar surface area (TPSA) is 80.9 Å². The Labute approximate surface area is 112 Å². The van der Waals surface area contributed by atoms with E-state index in [0.29, 0.717) is 0 Å². The van der Waals surface area contributed by atoms with Gasteiger partial charge in [0.25, 0.3) is 0 Å². The van der Waals surface area contributed by atoms with Gasteiger partial charge in [0.15, 0.2) is 34.6 Å². The zero-order valence-electron chi connectivity index (χ0n) is 9.76. The van der Waals surface area contributed by atoms with E-state index >= 15 is 0 Å². The van der Waals surface area contributed by atoms with Gasteiger partial charge in [-0.3, -0.25) is 0 Å². The van der Waals surface area contributed by atoms with Gasteiger partial charge in [0, 0.05) is 5.56 Å². The van der Waals surface area contributed by atoms with Gasteiger partial charge in [0.2, 0.25) is 17.5 Å². The van der Waals surface area contributed by atoms with Crippen LogP contribution in [0, 0.1) is 29.1 Å². The van der Waals surface area contributed by atoms with Crippen molar-refractivity contribution in [2.75, 3.05) is 0 Å². The third-order valence-corrected chi connectivity index (χ3v) is 2.70. The lowest BCUT2D eigenvalue weighted by Crippen LogP contribution is -1.98. The predicted molar refractivity (Wildman–Crippen MR) is 58.3 cm³/mol. The Hall–Kier alpha value is -2.71. The number of aromatic hydroxyl groups is 4. The largest absolute Gasteiger partial charge is 0.505 e. The zero-order chi connectivity index (χ0) is 16.1. The summed E-state index contributed by atoms with van der Waals surface area (Å²) < 4.78 is 66.6. The summed E-state index contributed by atoms with van der Waals surface area (Å²) in [4.78, 5) is 0. The summed E-state index contributed by atoms with van der Waals surface area (Å²) in [6.07, 6.45) is 0. The number of phenolic OH excluding ortho intramolecular Hbond substituents is 4. The van der Waals surface area contributed by atoms with Gasteiger partial charge in [0.1, 0.15) is 0 Å². The minimum absolute atomic E-state index is 0.242. The van der Waals surface area contributed by atoms with Crippen molar-refractivity contribution in [2.45, 2.75) is 0 Å². The molecule has 0 amide bonds. The van der Waals surface area contributed by atoms with Crippen LogP contribution < -0.4 is 0 Å². The smallest absolute Gasteiger partial charge is 0.212 e. The van der Waals surface area contributed by atoms with Crippen molar-refractivity contribution in [2.24, 2.45) is 0 Å². The fourth-order valence-electron chi connectivity index (χ4n) is 1.67. The van der Waals surface area contributed by atoms with Crippen LogP contribution in [0.15, 0.2) is 6.07 Å². The summed E-state index contributed by atoms with van der Waals surface area (Å²) in [6.45, 7) is 0. The molecule has 0 radical (unpaired) electrons. The van der Waals surface area contributed by atoms with Crippen LogP contribution in [0.4, 0.5) is 22.0 Å². The molecule has 4 N–H and O–H groups in total. The number of phenols is 4. The summed E-state index contributed by atoms with van der Waals surface area (Å²) >= 11 is 0. The van der Waals surface area contributed by atoms with Gasteiger partial charge in [-0.15, -0.1) is 0 Å². The highest BCUT2D eigenvalue weighted by Gasteiger charge is 2.29. The minimum Gasteiger partial charge on any atom is -0.505 e. The molecule has 0 aliphatic heterocycles. The first-order valence-electron chi connectivity index (χ1n) is 5.17. The van der Waals surface area contributed by atoms with E-state index < -0.39 is 63.2 Å². The van der Waals surface area contributed by atoms with Gasteiger partial charge in [-0.2, -0.15) is 13.2 Å². The number of hydrogen-bond donors (Lipinski definition) is 4. The third kappa shape index (κ3) is 1.97. The normalized spacial score (nSPS) is 10.9. The number of benzene rings is 2. The maximum atomic E-state index is 13.7. The molecule has 2 aromatic rings. The molecule has 4 nitrogen and oxygen atoms in total. The number of rotatable bonds is 1. The SMILES string of the molecule is Oc1cc(-c2c(F)c(O)c(F)c(O)c2F)c(O)c(F)c1F. The van der Waals surface area contributed by atoms with E-state index in [0.717, 1.165) is 0 Å². The van der Waals surface area contributed by atoms with Crippen LogP contribution in [0.25, 0.3) is 11.1 Å². The van der Waals surface area contributed by atoms with Crippen molar-refractivity contribution in [1.29, 1.82) is 0 Å². The van der Waals surface area contributed by atoms with Crippen LogP contribution in [-0.4, -0.2) is 20.4 Å². The van der Waals surface area contributed by atoms with E-state index in [-0.39, 0.29) is 6.07 Å². The monoisotopic (exact) mass is 308 g/mol. The van der Waals surface area contributed by atoms with E-state index in [1.807, 2.05) is 0 Å². The Morgan fingerprint density at radius 3 is 1.52 bits per heavy atom. The second-order valence-corrected chi connectivity index (χ2v) is 3.93. The molecule has 0 fully saturated rings. The van der Waals surface area contributed by atoms with Crippen molar-refractivity contribution < 1.29 is 42.4 Å². The predicted octanol–water partition coefficient (Wildman–Crippen LogP) is 2.87. The van der Waals surface area contributed by atoms with Gasteiger partial charge in [-0.1, -0.05) is 0 Å². The van der Waals surface area contributed by atoms with Crippen LogP contribution in [0.3, 0.4) is 0 Å². The fraction of sp³-hybridized carbons (Fsp3) is 0. The molecule has 2 aromatic carbocycles. The molecule has 0 unspecified atom stereocenters. The van der Waals surface area contributed by atoms with Gasteiger partial charge in [-0.25, -0.2) is 8.78 Å². The molecule has 0 bridgehead atoms. The van der Waals surface area contributed by atoms with E-state index in [1.165, 1.54) is 0 Å². The lowest BCUT2D eigenvalue weighted by molar-refractivity contribution is 0.347. The quantitative estimate of drug-likeness (QED) is 0.482. The van der Waals surface area contributed by atoms with E-state index in [1.54, 1.807) is 0 Å². The molecule has 21 heavy (non-hydrogen) atoms. The first-order valence-corrected chi connectivity index (χ1v) is 5.17. The molecule has 0 aromatic heterocycles. The second kappa shape index (κ2) is 4.69. The van der Waals surface area contributed by atoms with E-state index in [9.17, 15) is 27.1 Å². The average Bonchev–Trinajstić information content (AvgIpc) is 2.46. The molecule has 0 saturated carbocycles. The molecule has 0 aliphatic carbocycles.